The lowest BCUT2D eigenvalue weighted by molar-refractivity contribution is -0.214. The zero-order valence-corrected chi connectivity index (χ0v) is 29.8. The van der Waals surface area contributed by atoms with Crippen molar-refractivity contribution < 1.29 is 48.3 Å². The predicted octanol–water partition coefficient (Wildman–Crippen LogP) is 2.11. The van der Waals surface area contributed by atoms with Crippen molar-refractivity contribution in [3.05, 3.63) is 0 Å². The maximum atomic E-state index is 12.9. The summed E-state index contributed by atoms with van der Waals surface area (Å²) >= 11 is 0. The van der Waals surface area contributed by atoms with E-state index in [0.29, 0.717) is 96.8 Å². The van der Waals surface area contributed by atoms with Gasteiger partial charge in [0.1, 0.15) is 0 Å². The van der Waals surface area contributed by atoms with E-state index in [-0.39, 0.29) is 67.4 Å². The molecule has 14 nitrogen and oxygen atoms in total. The Hall–Kier alpha value is -2.20. The molecule has 2 heterocycles. The van der Waals surface area contributed by atoms with Gasteiger partial charge in [-0.05, 0) is 77.0 Å². The smallest absolute Gasteiger partial charge is 0.220 e. The maximum Gasteiger partial charge on any atom is 0.220 e. The van der Waals surface area contributed by atoms with E-state index in [1.165, 1.54) is 6.92 Å². The van der Waals surface area contributed by atoms with E-state index in [2.05, 4.69) is 22.9 Å². The van der Waals surface area contributed by atoms with Crippen molar-refractivity contribution >= 4 is 23.5 Å². The molecule has 0 saturated carbocycles. The summed E-state index contributed by atoms with van der Waals surface area (Å²) in [4.78, 5) is 49.5. The second-order valence-corrected chi connectivity index (χ2v) is 13.3. The Morgan fingerprint density at radius 3 is 2.04 bits per heavy atom. The zero-order valence-electron chi connectivity index (χ0n) is 29.8. The molecule has 2 fully saturated rings. The van der Waals surface area contributed by atoms with E-state index < -0.39 is 18.6 Å². The average molecular weight is 701 g/mol. The molecule has 0 radical (unpaired) electrons. The molecule has 3 amide bonds. The van der Waals surface area contributed by atoms with Crippen LogP contribution in [0.15, 0.2) is 0 Å². The summed E-state index contributed by atoms with van der Waals surface area (Å²) in [6.45, 7) is 4.62. The number of aliphatic hydroxyl groups is 2. The van der Waals surface area contributed by atoms with Crippen LogP contribution in [-0.2, 0) is 38.1 Å². The van der Waals surface area contributed by atoms with E-state index in [1.807, 2.05) is 0 Å². The summed E-state index contributed by atoms with van der Waals surface area (Å²) in [5, 5.41) is 27.4. The maximum absolute atomic E-state index is 12.9. The Morgan fingerprint density at radius 1 is 0.776 bits per heavy atom. The number of ketones is 1. The number of aliphatic hydroxyl groups excluding tert-OH is 2. The van der Waals surface area contributed by atoms with Gasteiger partial charge in [0, 0.05) is 45.9 Å². The molecule has 7 atom stereocenters. The highest BCUT2D eigenvalue weighted by Gasteiger charge is 2.32. The van der Waals surface area contributed by atoms with E-state index >= 15 is 0 Å². The molecule has 7 N–H and O–H groups in total. The SMILES string of the molecule is CCCCCC(=O)[C@@H](CCCCNC(=O)CCCCOC1OC(CO)CCC1NC(C)=O)NC(=O)CCCCOC1OC(CO)CCC1N. The van der Waals surface area contributed by atoms with Crippen molar-refractivity contribution in [1.82, 2.24) is 16.0 Å². The molecular weight excluding hydrogens is 636 g/mol. The molecule has 2 aliphatic heterocycles. The van der Waals surface area contributed by atoms with Crippen molar-refractivity contribution in [1.29, 1.82) is 0 Å². The molecule has 0 aliphatic carbocycles. The monoisotopic (exact) mass is 700 g/mol. The fourth-order valence-electron chi connectivity index (χ4n) is 5.98. The number of unbranched alkanes of at least 4 members (excludes halogenated alkanes) is 5. The van der Waals surface area contributed by atoms with Gasteiger partial charge in [-0.25, -0.2) is 0 Å². The Bertz CT molecular complexity index is 957. The highest BCUT2D eigenvalue weighted by Crippen LogP contribution is 2.21. The van der Waals surface area contributed by atoms with Crippen molar-refractivity contribution in [2.45, 2.75) is 166 Å². The Labute approximate surface area is 292 Å². The lowest BCUT2D eigenvalue weighted by Gasteiger charge is -2.35. The predicted molar refractivity (Wildman–Crippen MR) is 183 cm³/mol. The summed E-state index contributed by atoms with van der Waals surface area (Å²) in [7, 11) is 0. The summed E-state index contributed by atoms with van der Waals surface area (Å²) in [6.07, 6.45) is 9.27. The number of hydrogen-bond acceptors (Lipinski definition) is 11. The van der Waals surface area contributed by atoms with Crippen LogP contribution >= 0.6 is 0 Å². The van der Waals surface area contributed by atoms with E-state index in [4.69, 9.17) is 24.7 Å². The molecule has 6 unspecified atom stereocenters. The number of ether oxygens (including phenoxy) is 4. The molecule has 0 aromatic heterocycles. The van der Waals surface area contributed by atoms with Crippen LogP contribution in [0.2, 0.25) is 0 Å². The van der Waals surface area contributed by atoms with Gasteiger partial charge in [-0.3, -0.25) is 19.2 Å². The van der Waals surface area contributed by atoms with Crippen molar-refractivity contribution in [2.24, 2.45) is 5.73 Å². The Balaban J connectivity index is 1.62. The van der Waals surface area contributed by atoms with Gasteiger partial charge in [0.15, 0.2) is 18.4 Å². The molecule has 2 aliphatic rings. The molecule has 2 saturated heterocycles. The minimum Gasteiger partial charge on any atom is -0.394 e. The van der Waals surface area contributed by atoms with Crippen LogP contribution in [0.25, 0.3) is 0 Å². The third-order valence-corrected chi connectivity index (χ3v) is 8.90. The van der Waals surface area contributed by atoms with E-state index in [1.54, 1.807) is 0 Å². The van der Waals surface area contributed by atoms with Crippen LogP contribution in [0, 0.1) is 0 Å². The van der Waals surface area contributed by atoms with Crippen molar-refractivity contribution in [2.75, 3.05) is 33.0 Å². The van der Waals surface area contributed by atoms with Crippen LogP contribution < -0.4 is 21.7 Å². The fourth-order valence-corrected chi connectivity index (χ4v) is 5.98. The first kappa shape index (κ1) is 43.0. The summed E-state index contributed by atoms with van der Waals surface area (Å²) in [6, 6.07) is -1.04. The number of carbonyl (C=O) groups is 4. The first-order valence-corrected chi connectivity index (χ1v) is 18.5. The van der Waals surface area contributed by atoms with Gasteiger partial charge >= 0.3 is 0 Å². The van der Waals surface area contributed by atoms with E-state index in [0.717, 1.165) is 25.7 Å². The van der Waals surface area contributed by atoms with Gasteiger partial charge in [0.05, 0.1) is 43.5 Å². The van der Waals surface area contributed by atoms with Crippen molar-refractivity contribution in [3.8, 4) is 0 Å². The molecule has 0 aromatic rings. The third-order valence-electron chi connectivity index (χ3n) is 8.90. The lowest BCUT2D eigenvalue weighted by Crippen LogP contribution is -2.50. The largest absolute Gasteiger partial charge is 0.394 e. The fraction of sp³-hybridized carbons (Fsp3) is 0.886. The Kier molecular flexibility index (Phi) is 22.5. The molecule has 0 spiro atoms. The van der Waals surface area contributed by atoms with Crippen LogP contribution in [0.4, 0.5) is 0 Å². The van der Waals surface area contributed by atoms with Crippen molar-refractivity contribution in [3.63, 3.8) is 0 Å². The topological polar surface area (TPSA) is 208 Å². The highest BCUT2D eigenvalue weighted by molar-refractivity contribution is 5.89. The highest BCUT2D eigenvalue weighted by atomic mass is 16.7. The van der Waals surface area contributed by atoms with Gasteiger partial charge in [-0.1, -0.05) is 19.8 Å². The summed E-state index contributed by atoms with van der Waals surface area (Å²) < 4.78 is 23.0. The van der Waals surface area contributed by atoms with E-state index in [9.17, 15) is 29.4 Å². The van der Waals surface area contributed by atoms with Crippen LogP contribution in [0.3, 0.4) is 0 Å². The normalized spacial score (nSPS) is 24.6. The number of Topliss-reactive ketones (excluding diaryl/α,β-unsaturated/α-hetero) is 1. The standard InChI is InChI=1S/C35H64N4O10/c1-3-4-5-13-31(43)29(39-33(45)15-8-11-21-46-34-28(36)18-16-26(23-40)48-34)12-6-9-20-37-32(44)14-7-10-22-47-35-30(38-25(2)42)19-17-27(24-41)49-35/h26-30,34-35,40-41H,3-24,36H2,1-2H3,(H,37,44)(H,38,42)(H,39,45)/t26?,27?,28?,29-,30?,34?,35?/m1/s1. The first-order chi connectivity index (χ1) is 23.7. The van der Waals surface area contributed by atoms with Crippen LogP contribution in [0.5, 0.6) is 0 Å². The number of hydrogen-bond donors (Lipinski definition) is 6. The van der Waals surface area contributed by atoms with Crippen LogP contribution in [-0.4, -0.2) is 110 Å². The number of carbonyl (C=O) groups excluding carboxylic acids is 4. The Morgan fingerprint density at radius 2 is 1.39 bits per heavy atom. The van der Waals surface area contributed by atoms with Gasteiger partial charge in [0.25, 0.3) is 0 Å². The third kappa shape index (κ3) is 18.6. The second-order valence-electron chi connectivity index (χ2n) is 13.3. The summed E-state index contributed by atoms with van der Waals surface area (Å²) in [5.41, 5.74) is 6.06. The molecule has 284 valence electrons. The van der Waals surface area contributed by atoms with Gasteiger partial charge in [0.2, 0.25) is 17.7 Å². The number of rotatable bonds is 26. The second kappa shape index (κ2) is 25.7. The first-order valence-electron chi connectivity index (χ1n) is 18.5. The number of nitrogens with two attached hydrogens (primary N) is 1. The molecular formula is C35H64N4O10. The average Bonchev–Trinajstić information content (AvgIpc) is 3.08. The van der Waals surface area contributed by atoms with Gasteiger partial charge in [-0.15, -0.1) is 0 Å². The molecule has 49 heavy (non-hydrogen) atoms. The van der Waals surface area contributed by atoms with Crippen LogP contribution in [0.1, 0.15) is 123 Å². The lowest BCUT2D eigenvalue weighted by atomic mass is 10.00. The molecule has 0 bridgehead atoms. The number of nitrogens with one attached hydrogen (secondary N) is 3. The molecule has 0 aromatic carbocycles. The summed E-state index contributed by atoms with van der Waals surface area (Å²) in [5.74, 6) is -0.331. The molecule has 14 heteroatoms. The number of amides is 3. The quantitative estimate of drug-likeness (QED) is 0.0721. The molecule has 2 rings (SSSR count). The minimum atomic E-state index is -0.626. The zero-order chi connectivity index (χ0) is 35.9. The van der Waals surface area contributed by atoms with Gasteiger partial charge in [-0.2, -0.15) is 0 Å². The van der Waals surface area contributed by atoms with Gasteiger partial charge < -0.3 is 50.8 Å². The minimum absolute atomic E-state index is 0.0483.